The fraction of sp³-hybridized carbons (Fsp3) is 0.444. The maximum atomic E-state index is 9.25. The quantitative estimate of drug-likeness (QED) is 0.775. The van der Waals surface area contributed by atoms with E-state index in [-0.39, 0.29) is 12.0 Å². The number of aliphatic hydroxyl groups excluding tert-OH is 1. The fourth-order valence-electron chi connectivity index (χ4n) is 3.57. The first-order valence-corrected chi connectivity index (χ1v) is 8.41. The Morgan fingerprint density at radius 2 is 2.08 bits per heavy atom. The van der Waals surface area contributed by atoms with Gasteiger partial charge in [-0.25, -0.2) is 9.97 Å². The summed E-state index contributed by atoms with van der Waals surface area (Å²) in [7, 11) is 2.18. The summed E-state index contributed by atoms with van der Waals surface area (Å²) < 4.78 is 2.18. The van der Waals surface area contributed by atoms with Gasteiger partial charge < -0.3 is 19.6 Å². The van der Waals surface area contributed by atoms with Crippen LogP contribution in [-0.2, 0) is 12.0 Å². The molecule has 1 fully saturated rings. The van der Waals surface area contributed by atoms with Gasteiger partial charge in [0.2, 0.25) is 0 Å². The van der Waals surface area contributed by atoms with Crippen LogP contribution >= 0.6 is 0 Å². The number of nitrogens with zero attached hydrogens (tertiary/aromatic N) is 4. The summed E-state index contributed by atoms with van der Waals surface area (Å²) in [5.41, 5.74) is 2.97. The van der Waals surface area contributed by atoms with Crippen molar-refractivity contribution >= 4 is 11.0 Å². The lowest BCUT2D eigenvalue weighted by atomic mass is 9.79. The Morgan fingerprint density at radius 3 is 2.83 bits per heavy atom. The summed E-state index contributed by atoms with van der Waals surface area (Å²) in [6.07, 6.45) is 6.14. The highest BCUT2D eigenvalue weighted by molar-refractivity contribution is 5.77. The van der Waals surface area contributed by atoms with Crippen LogP contribution in [0.25, 0.3) is 16.7 Å². The molecule has 24 heavy (non-hydrogen) atoms. The van der Waals surface area contributed by atoms with Crippen LogP contribution in [0.3, 0.4) is 0 Å². The molecule has 3 aromatic rings. The second kappa shape index (κ2) is 5.72. The van der Waals surface area contributed by atoms with E-state index < -0.39 is 0 Å². The molecule has 0 amide bonds. The summed E-state index contributed by atoms with van der Waals surface area (Å²) >= 11 is 0. The zero-order valence-corrected chi connectivity index (χ0v) is 14.2. The van der Waals surface area contributed by atoms with Crippen molar-refractivity contribution in [1.82, 2.24) is 24.4 Å². The van der Waals surface area contributed by atoms with Crippen LogP contribution in [0.15, 0.2) is 30.6 Å². The smallest absolute Gasteiger partial charge is 0.133 e. The van der Waals surface area contributed by atoms with Crippen LogP contribution in [0.1, 0.15) is 31.4 Å². The van der Waals surface area contributed by atoms with Crippen molar-refractivity contribution in [2.45, 2.75) is 31.8 Å². The number of hydrogen-bond acceptors (Lipinski definition) is 4. The van der Waals surface area contributed by atoms with Crippen molar-refractivity contribution in [2.24, 2.45) is 0 Å². The van der Waals surface area contributed by atoms with E-state index in [9.17, 15) is 5.11 Å². The lowest BCUT2D eigenvalue weighted by Gasteiger charge is -2.37. The minimum absolute atomic E-state index is 0.0775. The van der Waals surface area contributed by atoms with Crippen molar-refractivity contribution in [3.63, 3.8) is 0 Å². The Kier molecular flexibility index (Phi) is 3.66. The molecule has 0 radical (unpaired) electrons. The van der Waals surface area contributed by atoms with E-state index in [0.29, 0.717) is 5.82 Å². The number of aromatic amines is 1. The molecule has 3 heterocycles. The zero-order chi connectivity index (χ0) is 16.7. The number of piperidine rings is 1. The second-order valence-electron chi connectivity index (χ2n) is 7.03. The molecule has 2 N–H and O–H groups in total. The number of hydrogen-bond donors (Lipinski definition) is 2. The van der Waals surface area contributed by atoms with E-state index in [1.165, 1.54) is 0 Å². The normalized spacial score (nSPS) is 18.3. The molecular weight excluding hydrogens is 302 g/mol. The monoisotopic (exact) mass is 325 g/mol. The third kappa shape index (κ3) is 2.52. The average molecular weight is 325 g/mol. The number of nitrogens with one attached hydrogen (secondary N) is 1. The molecule has 1 aliphatic heterocycles. The molecule has 6 nitrogen and oxygen atoms in total. The maximum absolute atomic E-state index is 9.25. The molecule has 1 saturated heterocycles. The average Bonchev–Trinajstić information content (AvgIpc) is 3.23. The first-order chi connectivity index (χ1) is 11.6. The minimum atomic E-state index is -0.0775. The molecule has 0 bridgehead atoms. The predicted octanol–water partition coefficient (Wildman–Crippen LogP) is 2.22. The van der Waals surface area contributed by atoms with E-state index in [0.717, 1.165) is 48.5 Å². The van der Waals surface area contributed by atoms with Crippen LogP contribution in [0.2, 0.25) is 0 Å². The predicted molar refractivity (Wildman–Crippen MR) is 93.2 cm³/mol. The highest BCUT2D eigenvalue weighted by Gasteiger charge is 2.34. The number of rotatable bonds is 3. The SMILES string of the molecule is CN1CCC(C)(c2nccn2-c2ccc3nc(CO)[nH]c3c2)CC1. The Bertz CT molecular complexity index is 857. The summed E-state index contributed by atoms with van der Waals surface area (Å²) in [4.78, 5) is 14.6. The number of benzene rings is 1. The van der Waals surface area contributed by atoms with Crippen molar-refractivity contribution in [2.75, 3.05) is 20.1 Å². The summed E-state index contributed by atoms with van der Waals surface area (Å²) in [6, 6.07) is 6.12. The number of imidazole rings is 2. The van der Waals surface area contributed by atoms with Crippen LogP contribution in [-0.4, -0.2) is 49.7 Å². The van der Waals surface area contributed by atoms with E-state index in [1.54, 1.807) is 0 Å². The van der Waals surface area contributed by atoms with E-state index in [4.69, 9.17) is 4.98 Å². The first-order valence-electron chi connectivity index (χ1n) is 8.41. The molecule has 0 aliphatic carbocycles. The number of likely N-dealkylation sites (tertiary alicyclic amines) is 1. The summed E-state index contributed by atoms with van der Waals surface area (Å²) in [5.74, 6) is 1.71. The van der Waals surface area contributed by atoms with Crippen molar-refractivity contribution in [3.8, 4) is 5.69 Å². The molecule has 0 saturated carbocycles. The molecule has 2 aromatic heterocycles. The molecule has 1 aliphatic rings. The first kappa shape index (κ1) is 15.4. The van der Waals surface area contributed by atoms with Gasteiger partial charge in [0.1, 0.15) is 18.3 Å². The maximum Gasteiger partial charge on any atom is 0.133 e. The van der Waals surface area contributed by atoms with Gasteiger partial charge in [-0.2, -0.15) is 0 Å². The lowest BCUT2D eigenvalue weighted by molar-refractivity contribution is 0.192. The molecular formula is C18H23N5O. The Balaban J connectivity index is 1.74. The van der Waals surface area contributed by atoms with Gasteiger partial charge in [0, 0.05) is 23.5 Å². The van der Waals surface area contributed by atoms with Crippen LogP contribution in [0.5, 0.6) is 0 Å². The third-order valence-electron chi connectivity index (χ3n) is 5.21. The molecule has 0 unspecified atom stereocenters. The van der Waals surface area contributed by atoms with Crippen LogP contribution in [0, 0.1) is 0 Å². The van der Waals surface area contributed by atoms with Gasteiger partial charge in [-0.05, 0) is 51.2 Å². The van der Waals surface area contributed by atoms with E-state index in [2.05, 4.69) is 45.5 Å². The fourth-order valence-corrected chi connectivity index (χ4v) is 3.57. The Hall–Kier alpha value is -2.18. The summed E-state index contributed by atoms with van der Waals surface area (Å²) in [5, 5.41) is 9.25. The van der Waals surface area contributed by atoms with Gasteiger partial charge in [-0.1, -0.05) is 6.92 Å². The van der Waals surface area contributed by atoms with Gasteiger partial charge in [0.25, 0.3) is 0 Å². The number of H-pyrrole nitrogens is 1. The Labute approximate surface area is 141 Å². The largest absolute Gasteiger partial charge is 0.388 e. The minimum Gasteiger partial charge on any atom is -0.388 e. The zero-order valence-electron chi connectivity index (χ0n) is 14.2. The number of aliphatic hydroxyl groups is 1. The lowest BCUT2D eigenvalue weighted by Crippen LogP contribution is -2.40. The number of aromatic nitrogens is 4. The van der Waals surface area contributed by atoms with Gasteiger partial charge in [0.15, 0.2) is 0 Å². The van der Waals surface area contributed by atoms with Crippen molar-refractivity contribution in [1.29, 1.82) is 0 Å². The molecule has 1 aromatic carbocycles. The summed E-state index contributed by atoms with van der Waals surface area (Å²) in [6.45, 7) is 4.44. The van der Waals surface area contributed by atoms with Gasteiger partial charge in [-0.3, -0.25) is 0 Å². The molecule has 126 valence electrons. The van der Waals surface area contributed by atoms with E-state index >= 15 is 0 Å². The molecule has 0 atom stereocenters. The molecule has 6 heteroatoms. The molecule has 0 spiro atoms. The van der Waals surface area contributed by atoms with Gasteiger partial charge >= 0.3 is 0 Å². The second-order valence-corrected chi connectivity index (χ2v) is 7.03. The van der Waals surface area contributed by atoms with Crippen LogP contribution in [0.4, 0.5) is 0 Å². The van der Waals surface area contributed by atoms with Gasteiger partial charge in [-0.15, -0.1) is 0 Å². The van der Waals surface area contributed by atoms with Crippen molar-refractivity contribution in [3.05, 3.63) is 42.2 Å². The van der Waals surface area contributed by atoms with Gasteiger partial charge in [0.05, 0.1) is 11.0 Å². The standard InChI is InChI=1S/C18H23N5O/c1-18(5-8-22(2)9-6-18)17-19-7-10-23(17)13-3-4-14-15(11-13)21-16(12-24)20-14/h3-4,7,10-11,24H,5-6,8-9,12H2,1-2H3,(H,20,21). The van der Waals surface area contributed by atoms with E-state index in [1.807, 2.05) is 18.5 Å². The highest BCUT2D eigenvalue weighted by atomic mass is 16.3. The highest BCUT2D eigenvalue weighted by Crippen LogP contribution is 2.35. The Morgan fingerprint density at radius 1 is 1.29 bits per heavy atom. The van der Waals surface area contributed by atoms with Crippen LogP contribution < -0.4 is 0 Å². The third-order valence-corrected chi connectivity index (χ3v) is 5.21. The topological polar surface area (TPSA) is 70.0 Å². The number of fused-ring (bicyclic) bond motifs is 1. The van der Waals surface area contributed by atoms with Crippen molar-refractivity contribution < 1.29 is 5.11 Å². The molecule has 4 rings (SSSR count).